The standard InChI is InChI=1S/C12H18N2O4/c1-5-18-11(17)8-6-9(12(2,3)4)13-14(8)7-10(15)16/h6H,5,7H2,1-4H3,(H,15,16). The Bertz CT molecular complexity index is 457. The van der Waals surface area contributed by atoms with E-state index < -0.39 is 11.9 Å². The van der Waals surface area contributed by atoms with Crippen molar-refractivity contribution in [2.45, 2.75) is 39.7 Å². The number of ether oxygens (including phenoxy) is 1. The first kappa shape index (κ1) is 14.2. The van der Waals surface area contributed by atoms with Gasteiger partial charge in [-0.3, -0.25) is 4.79 Å². The van der Waals surface area contributed by atoms with Crippen LogP contribution in [0.1, 0.15) is 43.9 Å². The van der Waals surface area contributed by atoms with Crippen LogP contribution >= 0.6 is 0 Å². The third-order valence-electron chi connectivity index (χ3n) is 2.32. The van der Waals surface area contributed by atoms with Crippen LogP contribution in [0.25, 0.3) is 0 Å². The second-order valence-corrected chi connectivity index (χ2v) is 4.94. The Labute approximate surface area is 106 Å². The van der Waals surface area contributed by atoms with E-state index in [-0.39, 0.29) is 24.3 Å². The Morgan fingerprint density at radius 1 is 1.44 bits per heavy atom. The number of carbonyl (C=O) groups is 2. The van der Waals surface area contributed by atoms with Crippen LogP contribution in [-0.2, 0) is 21.5 Å². The maximum absolute atomic E-state index is 11.7. The number of aliphatic carboxylic acids is 1. The molecular weight excluding hydrogens is 236 g/mol. The van der Waals surface area contributed by atoms with E-state index in [0.29, 0.717) is 5.69 Å². The largest absolute Gasteiger partial charge is 0.480 e. The van der Waals surface area contributed by atoms with Gasteiger partial charge in [0.1, 0.15) is 12.2 Å². The summed E-state index contributed by atoms with van der Waals surface area (Å²) in [6.07, 6.45) is 0. The number of hydrogen-bond donors (Lipinski definition) is 1. The fourth-order valence-electron chi connectivity index (χ4n) is 1.40. The fraction of sp³-hybridized carbons (Fsp3) is 0.583. The number of hydrogen-bond acceptors (Lipinski definition) is 4. The van der Waals surface area contributed by atoms with Gasteiger partial charge in [0.15, 0.2) is 0 Å². The number of carboxylic acids is 1. The van der Waals surface area contributed by atoms with E-state index in [2.05, 4.69) is 5.10 Å². The lowest BCUT2D eigenvalue weighted by Crippen LogP contribution is -2.18. The van der Waals surface area contributed by atoms with Crippen LogP contribution in [-0.4, -0.2) is 33.4 Å². The highest BCUT2D eigenvalue weighted by Gasteiger charge is 2.24. The third-order valence-corrected chi connectivity index (χ3v) is 2.32. The van der Waals surface area contributed by atoms with E-state index in [4.69, 9.17) is 9.84 Å². The van der Waals surface area contributed by atoms with Gasteiger partial charge in [0.05, 0.1) is 12.3 Å². The van der Waals surface area contributed by atoms with Crippen molar-refractivity contribution in [2.75, 3.05) is 6.61 Å². The SMILES string of the molecule is CCOC(=O)c1cc(C(C)(C)C)nn1CC(=O)O. The van der Waals surface area contributed by atoms with Crippen LogP contribution in [0.4, 0.5) is 0 Å². The maximum Gasteiger partial charge on any atom is 0.356 e. The molecule has 1 heterocycles. The zero-order chi connectivity index (χ0) is 13.9. The lowest BCUT2D eigenvalue weighted by molar-refractivity contribution is -0.137. The molecule has 0 radical (unpaired) electrons. The molecule has 6 nitrogen and oxygen atoms in total. The molecule has 0 fully saturated rings. The maximum atomic E-state index is 11.7. The second kappa shape index (κ2) is 5.20. The zero-order valence-electron chi connectivity index (χ0n) is 11.1. The molecule has 0 unspecified atom stereocenters. The molecule has 0 aromatic carbocycles. The summed E-state index contributed by atoms with van der Waals surface area (Å²) in [5, 5.41) is 13.0. The average Bonchev–Trinajstić information content (AvgIpc) is 2.60. The van der Waals surface area contributed by atoms with E-state index in [0.717, 1.165) is 0 Å². The van der Waals surface area contributed by atoms with Crippen LogP contribution in [0.15, 0.2) is 6.07 Å². The normalized spacial score (nSPS) is 11.3. The van der Waals surface area contributed by atoms with Crippen molar-refractivity contribution >= 4 is 11.9 Å². The van der Waals surface area contributed by atoms with Crippen LogP contribution in [0.2, 0.25) is 0 Å². The van der Waals surface area contributed by atoms with Crippen molar-refractivity contribution in [1.82, 2.24) is 9.78 Å². The van der Waals surface area contributed by atoms with E-state index >= 15 is 0 Å². The zero-order valence-corrected chi connectivity index (χ0v) is 11.1. The number of esters is 1. The van der Waals surface area contributed by atoms with Gasteiger partial charge >= 0.3 is 11.9 Å². The molecule has 0 aliphatic rings. The summed E-state index contributed by atoms with van der Waals surface area (Å²) < 4.78 is 6.05. The van der Waals surface area contributed by atoms with E-state index in [9.17, 15) is 9.59 Å². The summed E-state index contributed by atoms with van der Waals surface area (Å²) in [7, 11) is 0. The van der Waals surface area contributed by atoms with Gasteiger partial charge in [-0.1, -0.05) is 20.8 Å². The van der Waals surface area contributed by atoms with Gasteiger partial charge in [0.2, 0.25) is 0 Å². The smallest absolute Gasteiger partial charge is 0.356 e. The fourth-order valence-corrected chi connectivity index (χ4v) is 1.40. The summed E-state index contributed by atoms with van der Waals surface area (Å²) >= 11 is 0. The van der Waals surface area contributed by atoms with Crippen molar-refractivity contribution < 1.29 is 19.4 Å². The first-order chi connectivity index (χ1) is 8.25. The third kappa shape index (κ3) is 3.32. The van der Waals surface area contributed by atoms with Gasteiger partial charge < -0.3 is 9.84 Å². The van der Waals surface area contributed by atoms with Crippen LogP contribution < -0.4 is 0 Å². The molecule has 0 saturated carbocycles. The highest BCUT2D eigenvalue weighted by molar-refractivity contribution is 5.88. The van der Waals surface area contributed by atoms with Crippen LogP contribution in [0.5, 0.6) is 0 Å². The lowest BCUT2D eigenvalue weighted by Gasteiger charge is -2.13. The molecule has 18 heavy (non-hydrogen) atoms. The molecule has 1 aromatic heterocycles. The van der Waals surface area contributed by atoms with Crippen LogP contribution in [0.3, 0.4) is 0 Å². The molecule has 0 amide bonds. The summed E-state index contributed by atoms with van der Waals surface area (Å²) in [5.41, 5.74) is 0.571. The molecule has 1 aromatic rings. The predicted molar refractivity (Wildman–Crippen MR) is 64.5 cm³/mol. The van der Waals surface area contributed by atoms with Crippen molar-refractivity contribution in [3.05, 3.63) is 17.5 Å². The van der Waals surface area contributed by atoms with Crippen molar-refractivity contribution in [2.24, 2.45) is 0 Å². The van der Waals surface area contributed by atoms with Gasteiger partial charge in [-0.25, -0.2) is 9.48 Å². The first-order valence-electron chi connectivity index (χ1n) is 5.73. The highest BCUT2D eigenvalue weighted by atomic mass is 16.5. The van der Waals surface area contributed by atoms with Gasteiger partial charge in [-0.15, -0.1) is 0 Å². The van der Waals surface area contributed by atoms with Crippen molar-refractivity contribution in [3.63, 3.8) is 0 Å². The molecule has 0 bridgehead atoms. The summed E-state index contributed by atoms with van der Waals surface area (Å²) in [6.45, 7) is 7.40. The minimum absolute atomic E-state index is 0.171. The Balaban J connectivity index is 3.16. The molecule has 0 atom stereocenters. The second-order valence-electron chi connectivity index (χ2n) is 4.94. The highest BCUT2D eigenvalue weighted by Crippen LogP contribution is 2.22. The van der Waals surface area contributed by atoms with E-state index in [1.807, 2.05) is 20.8 Å². The number of rotatable bonds is 4. The lowest BCUT2D eigenvalue weighted by atomic mass is 9.92. The predicted octanol–water partition coefficient (Wildman–Crippen LogP) is 1.44. The number of nitrogens with zero attached hydrogens (tertiary/aromatic N) is 2. The summed E-state index contributed by atoms with van der Waals surface area (Å²) in [5.74, 6) is -1.61. The minimum Gasteiger partial charge on any atom is -0.480 e. The number of aromatic nitrogens is 2. The summed E-state index contributed by atoms with van der Waals surface area (Å²) in [4.78, 5) is 22.5. The van der Waals surface area contributed by atoms with Crippen molar-refractivity contribution in [3.8, 4) is 0 Å². The van der Waals surface area contributed by atoms with E-state index in [1.165, 1.54) is 4.68 Å². The molecule has 6 heteroatoms. The van der Waals surface area contributed by atoms with E-state index in [1.54, 1.807) is 13.0 Å². The molecule has 1 N–H and O–H groups in total. The molecule has 0 aliphatic heterocycles. The Morgan fingerprint density at radius 2 is 2.06 bits per heavy atom. The Kier molecular flexibility index (Phi) is 4.11. The van der Waals surface area contributed by atoms with Gasteiger partial charge in [0.25, 0.3) is 0 Å². The van der Waals surface area contributed by atoms with Gasteiger partial charge in [0, 0.05) is 5.41 Å². The topological polar surface area (TPSA) is 81.4 Å². The molecule has 1 rings (SSSR count). The minimum atomic E-state index is -1.05. The molecule has 0 aliphatic carbocycles. The van der Waals surface area contributed by atoms with Crippen LogP contribution in [0, 0.1) is 0 Å². The average molecular weight is 254 g/mol. The quantitative estimate of drug-likeness (QED) is 0.822. The van der Waals surface area contributed by atoms with Crippen molar-refractivity contribution in [1.29, 1.82) is 0 Å². The Morgan fingerprint density at radius 3 is 2.50 bits per heavy atom. The summed E-state index contributed by atoms with van der Waals surface area (Å²) in [6, 6.07) is 1.58. The molecule has 0 saturated heterocycles. The molecule has 0 spiro atoms. The first-order valence-corrected chi connectivity index (χ1v) is 5.73. The Hall–Kier alpha value is -1.85. The molecule has 100 valence electrons. The van der Waals surface area contributed by atoms with Gasteiger partial charge in [-0.2, -0.15) is 5.10 Å². The number of carbonyl (C=O) groups excluding carboxylic acids is 1. The molecular formula is C12H18N2O4. The van der Waals surface area contributed by atoms with Gasteiger partial charge in [-0.05, 0) is 13.0 Å². The number of carboxylic acid groups (broad SMARTS) is 1. The monoisotopic (exact) mass is 254 g/mol.